The third-order valence-electron chi connectivity index (χ3n) is 3.72. The maximum atomic E-state index is 11.9. The summed E-state index contributed by atoms with van der Waals surface area (Å²) in [6.07, 6.45) is 8.19. The van der Waals surface area contributed by atoms with Crippen LogP contribution in [0.3, 0.4) is 0 Å². The normalized spacial score (nSPS) is 18.7. The predicted octanol–water partition coefficient (Wildman–Crippen LogP) is 2.39. The van der Waals surface area contributed by atoms with E-state index in [2.05, 4.69) is 10.1 Å². The van der Waals surface area contributed by atoms with Crippen LogP contribution in [0.25, 0.3) is 0 Å². The second-order valence-corrected chi connectivity index (χ2v) is 5.53. The minimum atomic E-state index is 0.266. The molecular weight excluding hydrogens is 242 g/mol. The van der Waals surface area contributed by atoms with Gasteiger partial charge in [-0.3, -0.25) is 4.79 Å². The van der Waals surface area contributed by atoms with E-state index in [9.17, 15) is 4.79 Å². The van der Waals surface area contributed by atoms with Crippen molar-refractivity contribution in [3.63, 3.8) is 0 Å². The molecule has 2 aromatic rings. The first kappa shape index (κ1) is 11.0. The quantitative estimate of drug-likeness (QED) is 0.772. The molecule has 0 bridgehead atoms. The van der Waals surface area contributed by atoms with Gasteiger partial charge in [-0.05, 0) is 31.7 Å². The van der Waals surface area contributed by atoms with Crippen LogP contribution in [0.2, 0.25) is 0 Å². The van der Waals surface area contributed by atoms with Gasteiger partial charge in [-0.2, -0.15) is 4.98 Å². The second-order valence-electron chi connectivity index (χ2n) is 5.53. The summed E-state index contributed by atoms with van der Waals surface area (Å²) in [5, 5.41) is 3.98. The lowest BCUT2D eigenvalue weighted by molar-refractivity contribution is 0.0967. The number of Topliss-reactive ketones (excluding diaryl/α,β-unsaturated/α-hetero) is 1. The Hall–Kier alpha value is -1.91. The smallest absolute Gasteiger partial charge is 0.229 e. The van der Waals surface area contributed by atoms with Crippen LogP contribution in [0.4, 0.5) is 0 Å². The third-order valence-corrected chi connectivity index (χ3v) is 3.72. The van der Waals surface area contributed by atoms with Gasteiger partial charge in [-0.1, -0.05) is 5.16 Å². The molecule has 2 aromatic heterocycles. The Balaban J connectivity index is 1.47. The summed E-state index contributed by atoms with van der Waals surface area (Å²) in [5.74, 6) is 2.46. The number of carbonyl (C=O) groups excluding carboxylic acids is 1. The Kier molecular flexibility index (Phi) is 2.33. The Morgan fingerprint density at radius 2 is 2.21 bits per heavy atom. The standard InChI is InChI=1S/C14H15N3O2/c18-13(9-1-2-9)11-5-6-17(7-11)8-12-15-14(19-16-12)10-3-4-10/h5-7,9-10H,1-4,8H2. The molecule has 0 atom stereocenters. The van der Waals surface area contributed by atoms with Crippen molar-refractivity contribution in [1.82, 2.24) is 14.7 Å². The minimum absolute atomic E-state index is 0.266. The van der Waals surface area contributed by atoms with Crippen LogP contribution in [0, 0.1) is 5.92 Å². The molecule has 0 saturated heterocycles. The lowest BCUT2D eigenvalue weighted by Gasteiger charge is -1.96. The summed E-state index contributed by atoms with van der Waals surface area (Å²) in [6, 6.07) is 1.88. The van der Waals surface area contributed by atoms with Crippen LogP contribution >= 0.6 is 0 Å². The molecular formula is C14H15N3O2. The molecule has 98 valence electrons. The largest absolute Gasteiger partial charge is 0.346 e. The van der Waals surface area contributed by atoms with Crippen LogP contribution < -0.4 is 0 Å². The molecule has 5 heteroatoms. The lowest BCUT2D eigenvalue weighted by Crippen LogP contribution is -2.01. The monoisotopic (exact) mass is 257 g/mol. The fourth-order valence-electron chi connectivity index (χ4n) is 2.26. The number of ketones is 1. The summed E-state index contributed by atoms with van der Waals surface area (Å²) in [7, 11) is 0. The average molecular weight is 257 g/mol. The summed E-state index contributed by atoms with van der Waals surface area (Å²) in [6.45, 7) is 0.564. The Labute approximate surface area is 110 Å². The van der Waals surface area contributed by atoms with Gasteiger partial charge >= 0.3 is 0 Å². The minimum Gasteiger partial charge on any atom is -0.346 e. The molecule has 4 rings (SSSR count). The second kappa shape index (κ2) is 4.05. The zero-order chi connectivity index (χ0) is 12.8. The number of hydrogen-bond acceptors (Lipinski definition) is 4. The molecule has 2 aliphatic carbocycles. The van der Waals surface area contributed by atoms with Gasteiger partial charge in [0, 0.05) is 29.8 Å². The summed E-state index contributed by atoms with van der Waals surface area (Å²) >= 11 is 0. The van der Waals surface area contributed by atoms with Crippen molar-refractivity contribution in [2.75, 3.05) is 0 Å². The topological polar surface area (TPSA) is 60.9 Å². The molecule has 2 aliphatic rings. The number of rotatable bonds is 5. The van der Waals surface area contributed by atoms with E-state index in [0.29, 0.717) is 18.3 Å². The van der Waals surface area contributed by atoms with Crippen molar-refractivity contribution >= 4 is 5.78 Å². The molecule has 2 heterocycles. The molecule has 19 heavy (non-hydrogen) atoms. The molecule has 2 fully saturated rings. The maximum Gasteiger partial charge on any atom is 0.229 e. The van der Waals surface area contributed by atoms with Crippen LogP contribution in [0.1, 0.15) is 53.7 Å². The van der Waals surface area contributed by atoms with Crippen LogP contribution in [0.5, 0.6) is 0 Å². The van der Waals surface area contributed by atoms with Crippen molar-refractivity contribution in [2.24, 2.45) is 5.92 Å². The van der Waals surface area contributed by atoms with Gasteiger partial charge in [0.05, 0.1) is 6.54 Å². The zero-order valence-corrected chi connectivity index (χ0v) is 10.6. The van der Waals surface area contributed by atoms with E-state index in [-0.39, 0.29) is 11.7 Å². The SMILES string of the molecule is O=C(c1ccn(Cc2noc(C3CC3)n2)c1)C1CC1. The molecule has 0 aliphatic heterocycles. The van der Waals surface area contributed by atoms with Gasteiger partial charge in [0.2, 0.25) is 5.89 Å². The van der Waals surface area contributed by atoms with Crippen LogP contribution in [-0.4, -0.2) is 20.5 Å². The Bertz CT molecular complexity index is 620. The third kappa shape index (κ3) is 2.20. The number of aromatic nitrogens is 3. The van der Waals surface area contributed by atoms with E-state index < -0.39 is 0 Å². The fraction of sp³-hybridized carbons (Fsp3) is 0.500. The fourth-order valence-corrected chi connectivity index (χ4v) is 2.26. The Morgan fingerprint density at radius 3 is 2.95 bits per heavy atom. The van der Waals surface area contributed by atoms with E-state index in [0.717, 1.165) is 37.1 Å². The molecule has 0 amide bonds. The van der Waals surface area contributed by atoms with E-state index in [1.165, 1.54) is 0 Å². The average Bonchev–Trinajstić information content (AvgIpc) is 3.34. The van der Waals surface area contributed by atoms with Gasteiger partial charge in [0.15, 0.2) is 11.6 Å². The van der Waals surface area contributed by atoms with Crippen molar-refractivity contribution in [3.8, 4) is 0 Å². The summed E-state index contributed by atoms with van der Waals surface area (Å²) in [4.78, 5) is 16.3. The van der Waals surface area contributed by atoms with Gasteiger partial charge in [-0.15, -0.1) is 0 Å². The van der Waals surface area contributed by atoms with Gasteiger partial charge in [0.25, 0.3) is 0 Å². The first-order valence-electron chi connectivity index (χ1n) is 6.82. The van der Waals surface area contributed by atoms with E-state index >= 15 is 0 Å². The predicted molar refractivity (Wildman–Crippen MR) is 66.9 cm³/mol. The molecule has 0 N–H and O–H groups in total. The molecule has 0 radical (unpaired) electrons. The van der Waals surface area contributed by atoms with Crippen molar-refractivity contribution in [3.05, 3.63) is 35.7 Å². The van der Waals surface area contributed by atoms with Gasteiger partial charge in [-0.25, -0.2) is 0 Å². The number of nitrogens with zero attached hydrogens (tertiary/aromatic N) is 3. The lowest BCUT2D eigenvalue weighted by atomic mass is 10.1. The van der Waals surface area contributed by atoms with Crippen molar-refractivity contribution in [1.29, 1.82) is 0 Å². The highest BCUT2D eigenvalue weighted by atomic mass is 16.5. The van der Waals surface area contributed by atoms with E-state index in [4.69, 9.17) is 4.52 Å². The first-order valence-corrected chi connectivity index (χ1v) is 6.82. The first-order chi connectivity index (χ1) is 9.29. The van der Waals surface area contributed by atoms with E-state index in [1.807, 2.05) is 23.0 Å². The van der Waals surface area contributed by atoms with Crippen molar-refractivity contribution in [2.45, 2.75) is 38.1 Å². The highest BCUT2D eigenvalue weighted by Crippen LogP contribution is 2.38. The maximum absolute atomic E-state index is 11.9. The van der Waals surface area contributed by atoms with Gasteiger partial charge in [0.1, 0.15) is 0 Å². The molecule has 5 nitrogen and oxygen atoms in total. The molecule has 0 unspecified atom stereocenters. The number of hydrogen-bond donors (Lipinski definition) is 0. The zero-order valence-electron chi connectivity index (χ0n) is 10.6. The Morgan fingerprint density at radius 1 is 1.37 bits per heavy atom. The highest BCUT2D eigenvalue weighted by Gasteiger charge is 2.31. The summed E-state index contributed by atoms with van der Waals surface area (Å²) < 4.78 is 7.16. The number of carbonyl (C=O) groups is 1. The van der Waals surface area contributed by atoms with Crippen LogP contribution in [-0.2, 0) is 6.54 Å². The van der Waals surface area contributed by atoms with Gasteiger partial charge < -0.3 is 9.09 Å². The highest BCUT2D eigenvalue weighted by molar-refractivity contribution is 5.99. The molecule has 2 saturated carbocycles. The van der Waals surface area contributed by atoms with Crippen LogP contribution in [0.15, 0.2) is 23.0 Å². The molecule has 0 spiro atoms. The van der Waals surface area contributed by atoms with E-state index in [1.54, 1.807) is 0 Å². The summed E-state index contributed by atoms with van der Waals surface area (Å²) in [5.41, 5.74) is 0.799. The molecule has 0 aromatic carbocycles. The van der Waals surface area contributed by atoms with Crippen molar-refractivity contribution < 1.29 is 9.32 Å².